The second-order valence-electron chi connectivity index (χ2n) is 6.24. The van der Waals surface area contributed by atoms with E-state index in [1.54, 1.807) is 7.11 Å². The summed E-state index contributed by atoms with van der Waals surface area (Å²) in [6.45, 7) is 0. The van der Waals surface area contributed by atoms with E-state index in [4.69, 9.17) is 9.47 Å². The first kappa shape index (κ1) is 13.8. The maximum Gasteiger partial charge on any atom is 0.118 e. The smallest absolute Gasteiger partial charge is 0.118 e. The van der Waals surface area contributed by atoms with Crippen LogP contribution < -0.4 is 4.74 Å². The summed E-state index contributed by atoms with van der Waals surface area (Å²) < 4.78 is 10.6. The van der Waals surface area contributed by atoms with Gasteiger partial charge in [-0.05, 0) is 47.6 Å². The molecule has 1 unspecified atom stereocenters. The van der Waals surface area contributed by atoms with Crippen LogP contribution in [0, 0.1) is 5.92 Å². The zero-order valence-corrected chi connectivity index (χ0v) is 12.6. The van der Waals surface area contributed by atoms with E-state index in [0.717, 1.165) is 35.3 Å². The van der Waals surface area contributed by atoms with Crippen LogP contribution in [0.2, 0.25) is 0 Å². The Morgan fingerprint density at radius 2 is 1.50 bits per heavy atom. The van der Waals surface area contributed by atoms with E-state index in [1.807, 2.05) is 36.4 Å². The zero-order valence-electron chi connectivity index (χ0n) is 12.6. The second kappa shape index (κ2) is 5.41. The molecule has 114 valence electrons. The third-order valence-electron chi connectivity index (χ3n) is 4.88. The summed E-state index contributed by atoms with van der Waals surface area (Å²) in [5.41, 5.74) is 3.30. The molecule has 4 atom stereocenters. The standard InChI is InChI=1S/C19H20O3/c1-21-16-8-6-13(7-9-16)12-2-4-14(5-3-12)19(20)15-10-17-18(11-15)22-17/h2-9,15,17-20H,10-11H2,1H3/t15?,17-,18+,19-/m0/s1. The number of methoxy groups -OCH3 is 1. The van der Waals surface area contributed by atoms with Gasteiger partial charge in [0.25, 0.3) is 0 Å². The van der Waals surface area contributed by atoms with Crippen LogP contribution in [0.4, 0.5) is 0 Å². The lowest BCUT2D eigenvalue weighted by Crippen LogP contribution is -2.11. The summed E-state index contributed by atoms with van der Waals surface area (Å²) in [6, 6.07) is 16.2. The van der Waals surface area contributed by atoms with Crippen molar-refractivity contribution in [3.8, 4) is 16.9 Å². The first-order valence-electron chi connectivity index (χ1n) is 7.82. The van der Waals surface area contributed by atoms with Gasteiger partial charge >= 0.3 is 0 Å². The molecule has 2 aliphatic rings. The molecule has 0 spiro atoms. The minimum atomic E-state index is -0.374. The van der Waals surface area contributed by atoms with Crippen LogP contribution in [0.25, 0.3) is 11.1 Å². The van der Waals surface area contributed by atoms with Crippen molar-refractivity contribution >= 4 is 0 Å². The van der Waals surface area contributed by atoms with Crippen molar-refractivity contribution in [2.45, 2.75) is 31.2 Å². The van der Waals surface area contributed by atoms with Gasteiger partial charge in [0.15, 0.2) is 0 Å². The summed E-state index contributed by atoms with van der Waals surface area (Å²) in [6.07, 6.45) is 2.44. The SMILES string of the molecule is COc1ccc(-c2ccc([C@H](O)C3C[C@@H]4O[C@@H]4C3)cc2)cc1. The highest BCUT2D eigenvalue weighted by molar-refractivity contribution is 5.64. The van der Waals surface area contributed by atoms with Gasteiger partial charge in [0.1, 0.15) is 5.75 Å². The van der Waals surface area contributed by atoms with Gasteiger partial charge in [-0.1, -0.05) is 36.4 Å². The van der Waals surface area contributed by atoms with Crippen LogP contribution in [0.5, 0.6) is 5.75 Å². The van der Waals surface area contributed by atoms with E-state index in [1.165, 1.54) is 0 Å². The predicted octanol–water partition coefficient (Wildman–Crippen LogP) is 3.57. The maximum absolute atomic E-state index is 10.5. The lowest BCUT2D eigenvalue weighted by Gasteiger charge is -2.19. The Kier molecular flexibility index (Phi) is 3.40. The number of aliphatic hydroxyl groups is 1. The number of rotatable bonds is 4. The first-order chi connectivity index (χ1) is 10.7. The van der Waals surface area contributed by atoms with Crippen molar-refractivity contribution < 1.29 is 14.6 Å². The van der Waals surface area contributed by atoms with E-state index in [9.17, 15) is 5.11 Å². The summed E-state index contributed by atoms with van der Waals surface area (Å²) in [5.74, 6) is 1.20. The molecule has 2 fully saturated rings. The van der Waals surface area contributed by atoms with E-state index in [-0.39, 0.29) is 6.10 Å². The Labute approximate surface area is 130 Å². The monoisotopic (exact) mass is 296 g/mol. The maximum atomic E-state index is 10.5. The lowest BCUT2D eigenvalue weighted by atomic mass is 9.92. The molecular formula is C19H20O3. The van der Waals surface area contributed by atoms with Crippen LogP contribution in [0.1, 0.15) is 24.5 Å². The summed E-state index contributed by atoms with van der Waals surface area (Å²) in [4.78, 5) is 0. The average Bonchev–Trinajstić information content (AvgIpc) is 3.20. The largest absolute Gasteiger partial charge is 0.497 e. The zero-order chi connectivity index (χ0) is 15.1. The molecule has 2 aromatic carbocycles. The minimum Gasteiger partial charge on any atom is -0.497 e. The van der Waals surface area contributed by atoms with Gasteiger partial charge in [-0.25, -0.2) is 0 Å². The molecule has 1 heterocycles. The fourth-order valence-electron chi connectivity index (χ4n) is 3.47. The van der Waals surface area contributed by atoms with Gasteiger partial charge in [-0.3, -0.25) is 0 Å². The minimum absolute atomic E-state index is 0.343. The second-order valence-corrected chi connectivity index (χ2v) is 6.24. The summed E-state index contributed by atoms with van der Waals surface area (Å²) in [7, 11) is 1.67. The van der Waals surface area contributed by atoms with Crippen LogP contribution in [-0.2, 0) is 4.74 Å². The van der Waals surface area contributed by atoms with Gasteiger partial charge in [0.05, 0.1) is 25.4 Å². The molecule has 22 heavy (non-hydrogen) atoms. The highest BCUT2D eigenvalue weighted by Gasteiger charge is 2.49. The molecule has 1 N–H and O–H groups in total. The topological polar surface area (TPSA) is 42.0 Å². The fraction of sp³-hybridized carbons (Fsp3) is 0.368. The lowest BCUT2D eigenvalue weighted by molar-refractivity contribution is 0.0866. The molecule has 4 rings (SSSR count). The average molecular weight is 296 g/mol. The number of benzene rings is 2. The van der Waals surface area contributed by atoms with Crippen LogP contribution in [0.3, 0.4) is 0 Å². The fourth-order valence-corrected chi connectivity index (χ4v) is 3.47. The Balaban J connectivity index is 1.49. The molecule has 1 saturated heterocycles. The number of hydrogen-bond donors (Lipinski definition) is 1. The Hall–Kier alpha value is -1.84. The van der Waals surface area contributed by atoms with Gasteiger partial charge in [0.2, 0.25) is 0 Å². The molecular weight excluding hydrogens is 276 g/mol. The van der Waals surface area contributed by atoms with Crippen LogP contribution in [-0.4, -0.2) is 24.4 Å². The highest BCUT2D eigenvalue weighted by atomic mass is 16.6. The van der Waals surface area contributed by atoms with Crippen molar-refractivity contribution in [3.05, 3.63) is 54.1 Å². The molecule has 0 amide bonds. The van der Waals surface area contributed by atoms with E-state index in [2.05, 4.69) is 12.1 Å². The van der Waals surface area contributed by atoms with Crippen LogP contribution in [0.15, 0.2) is 48.5 Å². The number of epoxide rings is 1. The van der Waals surface area contributed by atoms with E-state index in [0.29, 0.717) is 18.1 Å². The normalized spacial score (nSPS) is 27.3. The van der Waals surface area contributed by atoms with Gasteiger partial charge < -0.3 is 14.6 Å². The molecule has 2 aromatic rings. The molecule has 1 aliphatic carbocycles. The van der Waals surface area contributed by atoms with E-state index < -0.39 is 0 Å². The molecule has 1 aliphatic heterocycles. The van der Waals surface area contributed by atoms with Crippen molar-refractivity contribution in [3.63, 3.8) is 0 Å². The highest BCUT2D eigenvalue weighted by Crippen LogP contribution is 2.47. The molecule has 3 nitrogen and oxygen atoms in total. The molecule has 3 heteroatoms. The molecule has 0 radical (unpaired) electrons. The predicted molar refractivity (Wildman–Crippen MR) is 84.8 cm³/mol. The summed E-state index contributed by atoms with van der Waals surface area (Å²) in [5, 5.41) is 10.5. The number of ether oxygens (including phenoxy) is 2. The number of aliphatic hydroxyl groups excluding tert-OH is 1. The molecule has 0 aromatic heterocycles. The van der Waals surface area contributed by atoms with Crippen molar-refractivity contribution in [2.75, 3.05) is 7.11 Å². The molecule has 0 bridgehead atoms. The van der Waals surface area contributed by atoms with Crippen molar-refractivity contribution in [2.24, 2.45) is 5.92 Å². The Morgan fingerprint density at radius 3 is 2.05 bits per heavy atom. The quantitative estimate of drug-likeness (QED) is 0.877. The van der Waals surface area contributed by atoms with Gasteiger partial charge in [0, 0.05) is 0 Å². The van der Waals surface area contributed by atoms with Crippen molar-refractivity contribution in [1.82, 2.24) is 0 Å². The van der Waals surface area contributed by atoms with Crippen LogP contribution >= 0.6 is 0 Å². The first-order valence-corrected chi connectivity index (χ1v) is 7.82. The Bertz CT molecular complexity index is 637. The third-order valence-corrected chi connectivity index (χ3v) is 4.88. The summed E-state index contributed by atoms with van der Waals surface area (Å²) >= 11 is 0. The van der Waals surface area contributed by atoms with Gasteiger partial charge in [-0.2, -0.15) is 0 Å². The third kappa shape index (κ3) is 2.51. The Morgan fingerprint density at radius 1 is 0.955 bits per heavy atom. The van der Waals surface area contributed by atoms with E-state index >= 15 is 0 Å². The van der Waals surface area contributed by atoms with Gasteiger partial charge in [-0.15, -0.1) is 0 Å². The number of hydrogen-bond acceptors (Lipinski definition) is 3. The molecule has 1 saturated carbocycles. The van der Waals surface area contributed by atoms with Crippen molar-refractivity contribution in [1.29, 1.82) is 0 Å². The number of fused-ring (bicyclic) bond motifs is 1.